The molecule has 1 aliphatic rings. The normalized spacial score (nSPS) is 16.6. The van der Waals surface area contributed by atoms with Crippen molar-refractivity contribution in [1.82, 2.24) is 25.1 Å². The van der Waals surface area contributed by atoms with E-state index in [4.69, 9.17) is 4.74 Å². The number of carbonyl (C=O) groups excluding carboxylic acids is 2. The largest absolute Gasteiger partial charge is 0.455 e. The second-order valence-electron chi connectivity index (χ2n) is 12.3. The van der Waals surface area contributed by atoms with E-state index in [1.807, 2.05) is 88.4 Å². The highest BCUT2D eigenvalue weighted by atomic mass is 19.1. The van der Waals surface area contributed by atoms with Crippen LogP contribution in [0.4, 0.5) is 10.1 Å². The lowest BCUT2D eigenvalue weighted by Gasteiger charge is -2.43. The first-order valence-corrected chi connectivity index (χ1v) is 15.8. The first-order chi connectivity index (χ1) is 22.6. The van der Waals surface area contributed by atoms with Gasteiger partial charge >= 0.3 is 0 Å². The highest BCUT2D eigenvalue weighted by Gasteiger charge is 2.34. The van der Waals surface area contributed by atoms with Crippen molar-refractivity contribution in [2.24, 2.45) is 5.92 Å². The number of carbonyl (C=O) groups is 2. The molecule has 1 aromatic heterocycles. The third-order valence-electron chi connectivity index (χ3n) is 7.98. The molecule has 1 fully saturated rings. The quantitative estimate of drug-likeness (QED) is 0.218. The van der Waals surface area contributed by atoms with Crippen LogP contribution in [-0.4, -0.2) is 78.3 Å². The van der Waals surface area contributed by atoms with E-state index in [-0.39, 0.29) is 29.7 Å². The molecule has 9 nitrogen and oxygen atoms in total. The number of hydrogen-bond acceptors (Lipinski definition) is 8. The van der Waals surface area contributed by atoms with Gasteiger partial charge in [-0.3, -0.25) is 14.6 Å². The molecule has 1 N–H and O–H groups in total. The maximum Gasteiger partial charge on any atom is 0.238 e. The summed E-state index contributed by atoms with van der Waals surface area (Å²) in [6.45, 7) is 7.70. The monoisotopic (exact) mass is 640 g/mol. The Bertz CT molecular complexity index is 1600. The van der Waals surface area contributed by atoms with Gasteiger partial charge in [0, 0.05) is 75.8 Å². The molecule has 248 valence electrons. The summed E-state index contributed by atoms with van der Waals surface area (Å²) in [5, 5.41) is 3.09. The first kappa shape index (κ1) is 35.2. The van der Waals surface area contributed by atoms with Crippen LogP contribution in [0.3, 0.4) is 0 Å². The maximum absolute atomic E-state index is 15.2. The number of benzene rings is 3. The molecule has 10 heteroatoms. The summed E-state index contributed by atoms with van der Waals surface area (Å²) in [5.41, 5.74) is 3.28. The van der Waals surface area contributed by atoms with Gasteiger partial charge in [-0.15, -0.1) is 0 Å². The minimum Gasteiger partial charge on any atom is -0.455 e. The van der Waals surface area contributed by atoms with Gasteiger partial charge in [-0.1, -0.05) is 56.3 Å². The van der Waals surface area contributed by atoms with E-state index in [1.54, 1.807) is 30.6 Å². The van der Waals surface area contributed by atoms with Gasteiger partial charge in [0.15, 0.2) is 11.6 Å². The molecule has 0 bridgehead atoms. The van der Waals surface area contributed by atoms with E-state index >= 15 is 4.39 Å². The Hall–Kier alpha value is -4.67. The van der Waals surface area contributed by atoms with Crippen molar-refractivity contribution < 1.29 is 18.7 Å². The molecule has 2 atom stereocenters. The highest BCUT2D eigenvalue weighted by molar-refractivity contribution is 5.82. The summed E-state index contributed by atoms with van der Waals surface area (Å²) in [7, 11) is 5.86. The number of halogens is 1. The van der Waals surface area contributed by atoms with Gasteiger partial charge in [0.05, 0.1) is 5.69 Å². The number of para-hydroxylation sites is 2. The van der Waals surface area contributed by atoms with Crippen LogP contribution in [0.15, 0.2) is 85.2 Å². The fraction of sp³-hybridized carbons (Fsp3) is 0.351. The molecule has 4 aromatic rings. The van der Waals surface area contributed by atoms with Crippen molar-refractivity contribution >= 4 is 17.9 Å². The maximum atomic E-state index is 15.2. The molecule has 1 amide bonds. The molecule has 3 aromatic carbocycles. The van der Waals surface area contributed by atoms with Gasteiger partial charge in [0.1, 0.15) is 23.9 Å². The lowest BCUT2D eigenvalue weighted by molar-refractivity contribution is -0.130. The van der Waals surface area contributed by atoms with Gasteiger partial charge < -0.3 is 19.7 Å². The minimum atomic E-state index is -0.378. The average Bonchev–Trinajstić information content (AvgIpc) is 3.07. The molecule has 5 rings (SSSR count). The van der Waals surface area contributed by atoms with E-state index in [2.05, 4.69) is 32.0 Å². The van der Waals surface area contributed by atoms with Gasteiger partial charge in [0.25, 0.3) is 0 Å². The molecular formula is C37H45FN6O3. The zero-order chi connectivity index (χ0) is 33.9. The molecule has 1 saturated heterocycles. The summed E-state index contributed by atoms with van der Waals surface area (Å²) in [4.78, 5) is 37.6. The minimum absolute atomic E-state index is 0.0607. The fourth-order valence-corrected chi connectivity index (χ4v) is 5.22. The van der Waals surface area contributed by atoms with Crippen molar-refractivity contribution in [1.29, 1.82) is 0 Å². The van der Waals surface area contributed by atoms with Crippen LogP contribution < -0.4 is 15.0 Å². The van der Waals surface area contributed by atoms with Crippen LogP contribution in [0.2, 0.25) is 0 Å². The number of hydrogen-bond donors (Lipinski definition) is 1. The predicted molar refractivity (Wildman–Crippen MR) is 184 cm³/mol. The lowest BCUT2D eigenvalue weighted by Crippen LogP contribution is -2.60. The lowest BCUT2D eigenvalue weighted by atomic mass is 10.0. The van der Waals surface area contributed by atoms with Crippen molar-refractivity contribution in [2.45, 2.75) is 45.9 Å². The second-order valence-corrected chi connectivity index (χ2v) is 12.3. The Morgan fingerprint density at radius 3 is 2.32 bits per heavy atom. The van der Waals surface area contributed by atoms with E-state index in [1.165, 1.54) is 6.07 Å². The smallest absolute Gasteiger partial charge is 0.238 e. The summed E-state index contributed by atoms with van der Waals surface area (Å²) < 4.78 is 21.5. The van der Waals surface area contributed by atoms with Crippen LogP contribution in [0.5, 0.6) is 11.5 Å². The Morgan fingerprint density at radius 1 is 1.00 bits per heavy atom. The first-order valence-electron chi connectivity index (χ1n) is 15.8. The molecule has 2 unspecified atom stereocenters. The molecule has 0 aliphatic carbocycles. The number of aromatic nitrogens is 2. The molecule has 2 heterocycles. The third kappa shape index (κ3) is 9.67. The highest BCUT2D eigenvalue weighted by Crippen LogP contribution is 2.34. The number of amides is 1. The predicted octanol–water partition coefficient (Wildman–Crippen LogP) is 5.80. The number of nitrogens with one attached hydrogen (secondary N) is 1. The number of nitrogens with zero attached hydrogens (tertiary/aromatic N) is 5. The number of piperazine rings is 1. The Morgan fingerprint density at radius 2 is 1.66 bits per heavy atom. The van der Waals surface area contributed by atoms with Crippen LogP contribution in [0.1, 0.15) is 31.9 Å². The standard InChI is InChI=1S/C33H37FN6O2.C4H8O/c1-23-20-40(21-26-27(34)9-7-12-30(26)42-31-11-6-5-10-28(31)38(2)3)22-29(39(23)4)33(41)37-19-24-13-15-25(16-14-24)32-35-17-8-18-36-32;1-4(2)3-5/h5-18,23,29H,19-22H2,1-4H3,(H,37,41);3-4H,1-2H3. The molecular weight excluding hydrogens is 595 g/mol. The van der Waals surface area contributed by atoms with Crippen LogP contribution in [-0.2, 0) is 22.7 Å². The molecule has 0 saturated carbocycles. The zero-order valence-corrected chi connectivity index (χ0v) is 28.1. The van der Waals surface area contributed by atoms with E-state index in [0.717, 1.165) is 23.1 Å². The Labute approximate surface area is 277 Å². The molecule has 47 heavy (non-hydrogen) atoms. The number of ether oxygens (including phenoxy) is 1. The van der Waals surface area contributed by atoms with Gasteiger partial charge in [-0.05, 0) is 49.9 Å². The number of likely N-dealkylation sites (N-methyl/N-ethyl adjacent to an activating group) is 1. The number of anilines is 1. The summed E-state index contributed by atoms with van der Waals surface area (Å²) in [6.07, 6.45) is 4.34. The summed E-state index contributed by atoms with van der Waals surface area (Å²) in [5.74, 6) is 1.61. The molecule has 1 aliphatic heterocycles. The third-order valence-corrected chi connectivity index (χ3v) is 7.98. The summed E-state index contributed by atoms with van der Waals surface area (Å²) >= 11 is 0. The zero-order valence-electron chi connectivity index (χ0n) is 28.1. The van der Waals surface area contributed by atoms with Crippen LogP contribution >= 0.6 is 0 Å². The van der Waals surface area contributed by atoms with Crippen molar-refractivity contribution in [2.75, 3.05) is 39.1 Å². The van der Waals surface area contributed by atoms with Crippen molar-refractivity contribution in [3.63, 3.8) is 0 Å². The SMILES string of the molecule is CC(C)C=O.CC1CN(Cc2c(F)cccc2Oc2ccccc2N(C)C)CC(C(=O)NCc2ccc(-c3ncccn3)cc2)N1C. The Kier molecular flexibility index (Phi) is 12.5. The van der Waals surface area contributed by atoms with E-state index < -0.39 is 0 Å². The van der Waals surface area contributed by atoms with Crippen molar-refractivity contribution in [3.05, 3.63) is 102 Å². The van der Waals surface area contributed by atoms with E-state index in [0.29, 0.717) is 49.1 Å². The van der Waals surface area contributed by atoms with E-state index in [9.17, 15) is 9.59 Å². The number of aldehydes is 1. The average molecular weight is 641 g/mol. The number of rotatable bonds is 10. The molecule has 0 spiro atoms. The van der Waals surface area contributed by atoms with Crippen molar-refractivity contribution in [3.8, 4) is 22.9 Å². The topological polar surface area (TPSA) is 90.9 Å². The Balaban J connectivity index is 0.000000930. The van der Waals surface area contributed by atoms with Gasteiger partial charge in [-0.25, -0.2) is 14.4 Å². The van der Waals surface area contributed by atoms with Gasteiger partial charge in [0.2, 0.25) is 5.91 Å². The summed E-state index contributed by atoms with van der Waals surface area (Å²) in [6, 6.07) is 22.0. The van der Waals surface area contributed by atoms with Crippen LogP contribution in [0, 0.1) is 11.7 Å². The van der Waals surface area contributed by atoms with Crippen LogP contribution in [0.25, 0.3) is 11.4 Å². The molecule has 0 radical (unpaired) electrons. The van der Waals surface area contributed by atoms with Gasteiger partial charge in [-0.2, -0.15) is 0 Å². The second kappa shape index (κ2) is 16.8. The fourth-order valence-electron chi connectivity index (χ4n) is 5.22.